The van der Waals surface area contributed by atoms with Crippen LogP contribution in [-0.4, -0.2) is 15.5 Å². The van der Waals surface area contributed by atoms with Crippen LogP contribution >= 0.6 is 0 Å². The van der Waals surface area contributed by atoms with Gasteiger partial charge in [0.05, 0.1) is 12.8 Å². The second-order valence-corrected chi connectivity index (χ2v) is 4.34. The fourth-order valence-corrected chi connectivity index (χ4v) is 1.38. The zero-order chi connectivity index (χ0) is 11.5. The first-order valence-electron chi connectivity index (χ1n) is 4.07. The van der Waals surface area contributed by atoms with Gasteiger partial charge in [0.25, 0.3) is 0 Å². The number of ether oxygens (including phenoxy) is 1. The van der Waals surface area contributed by atoms with Crippen LogP contribution < -0.4 is 15.6 Å². The Morgan fingerprint density at radius 3 is 2.53 bits per heavy atom. The SMILES string of the molecule is COc1ccc(/C=C/S(N)(=O)=O)cc1N. The summed E-state index contributed by atoms with van der Waals surface area (Å²) in [5, 5.41) is 5.72. The van der Waals surface area contributed by atoms with Crippen molar-refractivity contribution in [2.75, 3.05) is 12.8 Å². The molecule has 1 rings (SSSR count). The number of hydrogen-bond donors (Lipinski definition) is 2. The first-order chi connectivity index (χ1) is 6.92. The molecule has 0 radical (unpaired) electrons. The Hall–Kier alpha value is -1.53. The van der Waals surface area contributed by atoms with E-state index in [1.165, 1.54) is 13.2 Å². The lowest BCUT2D eigenvalue weighted by Crippen LogP contribution is -2.06. The molecule has 0 aliphatic heterocycles. The van der Waals surface area contributed by atoms with E-state index in [1.54, 1.807) is 18.2 Å². The number of hydrogen-bond acceptors (Lipinski definition) is 4. The van der Waals surface area contributed by atoms with Crippen molar-refractivity contribution in [1.29, 1.82) is 0 Å². The van der Waals surface area contributed by atoms with Crippen LogP contribution in [-0.2, 0) is 10.0 Å². The summed E-state index contributed by atoms with van der Waals surface area (Å²) in [7, 11) is -2.10. The Morgan fingerprint density at radius 1 is 1.40 bits per heavy atom. The molecular weight excluding hydrogens is 216 g/mol. The molecule has 0 aliphatic carbocycles. The number of sulfonamides is 1. The maximum atomic E-state index is 10.6. The van der Waals surface area contributed by atoms with E-state index in [0.29, 0.717) is 17.0 Å². The number of rotatable bonds is 3. The van der Waals surface area contributed by atoms with Gasteiger partial charge in [-0.25, -0.2) is 13.6 Å². The fraction of sp³-hybridized carbons (Fsp3) is 0.111. The Labute approximate surface area is 88.4 Å². The first-order valence-corrected chi connectivity index (χ1v) is 5.68. The van der Waals surface area contributed by atoms with Crippen LogP contribution in [0, 0.1) is 0 Å². The predicted molar refractivity (Wildman–Crippen MR) is 59.5 cm³/mol. The summed E-state index contributed by atoms with van der Waals surface area (Å²) in [6.07, 6.45) is 1.37. The second kappa shape index (κ2) is 4.33. The van der Waals surface area contributed by atoms with Gasteiger partial charge in [0, 0.05) is 5.41 Å². The minimum absolute atomic E-state index is 0.439. The number of benzene rings is 1. The van der Waals surface area contributed by atoms with Gasteiger partial charge in [-0.2, -0.15) is 0 Å². The lowest BCUT2D eigenvalue weighted by molar-refractivity contribution is 0.417. The van der Waals surface area contributed by atoms with Crippen molar-refractivity contribution < 1.29 is 13.2 Å². The summed E-state index contributed by atoms with van der Waals surface area (Å²) in [4.78, 5) is 0. The van der Waals surface area contributed by atoms with Crippen molar-refractivity contribution >= 4 is 21.8 Å². The smallest absolute Gasteiger partial charge is 0.231 e. The van der Waals surface area contributed by atoms with Gasteiger partial charge < -0.3 is 10.5 Å². The molecule has 0 unspecified atom stereocenters. The highest BCUT2D eigenvalue weighted by molar-refractivity contribution is 7.92. The highest BCUT2D eigenvalue weighted by atomic mass is 32.2. The molecule has 0 bridgehead atoms. The Morgan fingerprint density at radius 2 is 2.07 bits per heavy atom. The summed E-state index contributed by atoms with van der Waals surface area (Å²) < 4.78 is 26.2. The number of nitrogen functional groups attached to an aromatic ring is 1. The average molecular weight is 228 g/mol. The van der Waals surface area contributed by atoms with Crippen LogP contribution in [0.5, 0.6) is 5.75 Å². The van der Waals surface area contributed by atoms with Crippen molar-refractivity contribution in [2.24, 2.45) is 5.14 Å². The summed E-state index contributed by atoms with van der Waals surface area (Å²) in [6, 6.07) is 4.93. The Kier molecular flexibility index (Phi) is 3.33. The second-order valence-electron chi connectivity index (χ2n) is 2.89. The standard InChI is InChI=1S/C9H12N2O3S/c1-14-9-3-2-7(6-8(9)10)4-5-15(11,12)13/h2-6H,10H2,1H3,(H2,11,12,13)/b5-4+. The van der Waals surface area contributed by atoms with Crippen LogP contribution in [0.25, 0.3) is 6.08 Å². The molecule has 0 spiro atoms. The maximum absolute atomic E-state index is 10.6. The van der Waals surface area contributed by atoms with Crippen molar-refractivity contribution in [3.05, 3.63) is 29.2 Å². The van der Waals surface area contributed by atoms with E-state index < -0.39 is 10.0 Å². The zero-order valence-corrected chi connectivity index (χ0v) is 8.99. The highest BCUT2D eigenvalue weighted by Crippen LogP contribution is 2.22. The summed E-state index contributed by atoms with van der Waals surface area (Å²) >= 11 is 0. The van der Waals surface area contributed by atoms with Crippen molar-refractivity contribution in [1.82, 2.24) is 0 Å². The molecule has 0 saturated carbocycles. The molecule has 0 heterocycles. The number of nitrogens with two attached hydrogens (primary N) is 2. The predicted octanol–water partition coefficient (Wildman–Crippen LogP) is 0.537. The molecule has 0 aromatic heterocycles. The quantitative estimate of drug-likeness (QED) is 0.738. The van der Waals surface area contributed by atoms with Crippen LogP contribution in [0.1, 0.15) is 5.56 Å². The van der Waals surface area contributed by atoms with E-state index in [1.807, 2.05) is 0 Å². The minimum atomic E-state index is -3.60. The van der Waals surface area contributed by atoms with Gasteiger partial charge in [-0.05, 0) is 23.8 Å². The molecule has 0 aliphatic rings. The van der Waals surface area contributed by atoms with E-state index in [0.717, 1.165) is 5.41 Å². The van der Waals surface area contributed by atoms with Gasteiger partial charge in [-0.15, -0.1) is 0 Å². The molecule has 1 aromatic carbocycles. The summed E-state index contributed by atoms with van der Waals surface area (Å²) in [5.41, 5.74) is 6.71. The lowest BCUT2D eigenvalue weighted by atomic mass is 10.2. The third-order valence-corrected chi connectivity index (χ3v) is 2.22. The monoisotopic (exact) mass is 228 g/mol. The van der Waals surface area contributed by atoms with Gasteiger partial charge in [0.1, 0.15) is 5.75 Å². The lowest BCUT2D eigenvalue weighted by Gasteiger charge is -2.04. The molecule has 15 heavy (non-hydrogen) atoms. The molecule has 5 nitrogen and oxygen atoms in total. The summed E-state index contributed by atoms with van der Waals surface area (Å²) in [5.74, 6) is 0.544. The molecule has 6 heteroatoms. The van der Waals surface area contributed by atoms with Crippen LogP contribution in [0.4, 0.5) is 5.69 Å². The van der Waals surface area contributed by atoms with Gasteiger partial charge >= 0.3 is 0 Å². The van der Waals surface area contributed by atoms with Crippen molar-refractivity contribution in [3.63, 3.8) is 0 Å². The first kappa shape index (κ1) is 11.5. The van der Waals surface area contributed by atoms with E-state index in [9.17, 15) is 8.42 Å². The number of primary sulfonamides is 1. The highest BCUT2D eigenvalue weighted by Gasteiger charge is 1.99. The van der Waals surface area contributed by atoms with Gasteiger partial charge in [0.15, 0.2) is 0 Å². The normalized spacial score (nSPS) is 11.9. The van der Waals surface area contributed by atoms with E-state index in [2.05, 4.69) is 0 Å². The average Bonchev–Trinajstić information content (AvgIpc) is 2.14. The molecular formula is C9H12N2O3S. The van der Waals surface area contributed by atoms with Gasteiger partial charge in [-0.1, -0.05) is 6.07 Å². The van der Waals surface area contributed by atoms with Crippen LogP contribution in [0.2, 0.25) is 0 Å². The topological polar surface area (TPSA) is 95.4 Å². The molecule has 1 aromatic rings. The van der Waals surface area contributed by atoms with E-state index >= 15 is 0 Å². The van der Waals surface area contributed by atoms with Crippen molar-refractivity contribution in [2.45, 2.75) is 0 Å². The van der Waals surface area contributed by atoms with E-state index in [-0.39, 0.29) is 0 Å². The number of methoxy groups -OCH3 is 1. The zero-order valence-electron chi connectivity index (χ0n) is 8.17. The Balaban J connectivity index is 2.99. The molecule has 0 atom stereocenters. The minimum Gasteiger partial charge on any atom is -0.495 e. The molecule has 0 amide bonds. The van der Waals surface area contributed by atoms with Crippen LogP contribution in [0.15, 0.2) is 23.6 Å². The van der Waals surface area contributed by atoms with Crippen molar-refractivity contribution in [3.8, 4) is 5.75 Å². The molecule has 4 N–H and O–H groups in total. The maximum Gasteiger partial charge on any atom is 0.231 e. The van der Waals surface area contributed by atoms with Crippen LogP contribution in [0.3, 0.4) is 0 Å². The molecule has 82 valence electrons. The fourth-order valence-electron chi connectivity index (χ4n) is 1.03. The Bertz CT molecular complexity index is 480. The summed E-state index contributed by atoms with van der Waals surface area (Å²) in [6.45, 7) is 0. The largest absolute Gasteiger partial charge is 0.495 e. The number of anilines is 1. The third kappa shape index (κ3) is 3.61. The third-order valence-electron chi connectivity index (χ3n) is 1.70. The van der Waals surface area contributed by atoms with E-state index in [4.69, 9.17) is 15.6 Å². The molecule has 0 saturated heterocycles. The molecule has 0 fully saturated rings. The van der Waals surface area contributed by atoms with Gasteiger partial charge in [0.2, 0.25) is 10.0 Å². The van der Waals surface area contributed by atoms with Gasteiger partial charge in [-0.3, -0.25) is 0 Å².